The molecule has 8 nitrogen and oxygen atoms in total. The van der Waals surface area contributed by atoms with Crippen molar-refractivity contribution >= 4 is 29.3 Å². The van der Waals surface area contributed by atoms with E-state index >= 15 is 0 Å². The Labute approximate surface area is 195 Å². The van der Waals surface area contributed by atoms with E-state index in [0.717, 1.165) is 28.1 Å². The largest absolute Gasteiger partial charge is 0.495 e. The lowest BCUT2D eigenvalue weighted by Crippen LogP contribution is -2.52. The summed E-state index contributed by atoms with van der Waals surface area (Å²) in [5.41, 5.74) is 4.54. The van der Waals surface area contributed by atoms with Gasteiger partial charge in [-0.15, -0.1) is 0 Å². The van der Waals surface area contributed by atoms with Crippen LogP contribution in [0.15, 0.2) is 42.7 Å². The minimum atomic E-state index is -0.646. The molecule has 0 aliphatic carbocycles. The lowest BCUT2D eigenvalue weighted by Gasteiger charge is -2.29. The van der Waals surface area contributed by atoms with Crippen LogP contribution >= 0.6 is 11.6 Å². The van der Waals surface area contributed by atoms with Crippen molar-refractivity contribution in [2.24, 2.45) is 7.05 Å². The van der Waals surface area contributed by atoms with Gasteiger partial charge in [-0.2, -0.15) is 0 Å². The van der Waals surface area contributed by atoms with Gasteiger partial charge in [0, 0.05) is 36.7 Å². The molecule has 0 bridgehead atoms. The maximum Gasteiger partial charge on any atom is 0.255 e. The zero-order valence-electron chi connectivity index (χ0n) is 18.1. The standard InChI is InChI=1S/C24H21ClN4O4/c1-28-12-26-21(22(28)16-4-3-5-18(33-2)20(16)25)13-6-7-15-14(10-13)11-29(24(15)32)17-8-9-19(30)27-23(17)31/h3-7,10,12,17H,8-9,11H2,1-2H3,(H,27,30,31). The monoisotopic (exact) mass is 464 g/mol. The number of carbonyl (C=O) groups excluding carboxylic acids is 3. The predicted molar refractivity (Wildman–Crippen MR) is 122 cm³/mol. The Bertz CT molecular complexity index is 1320. The van der Waals surface area contributed by atoms with Crippen molar-refractivity contribution in [3.63, 3.8) is 0 Å². The van der Waals surface area contributed by atoms with E-state index in [1.54, 1.807) is 25.6 Å². The molecule has 168 valence electrons. The zero-order chi connectivity index (χ0) is 23.3. The highest BCUT2D eigenvalue weighted by Crippen LogP contribution is 2.40. The van der Waals surface area contributed by atoms with Crippen LogP contribution in [0, 0.1) is 0 Å². The summed E-state index contributed by atoms with van der Waals surface area (Å²) in [4.78, 5) is 42.9. The quantitative estimate of drug-likeness (QED) is 0.598. The topological polar surface area (TPSA) is 93.5 Å². The Balaban J connectivity index is 1.51. The molecule has 2 aliphatic rings. The van der Waals surface area contributed by atoms with Crippen LogP contribution in [-0.4, -0.2) is 45.3 Å². The van der Waals surface area contributed by atoms with Gasteiger partial charge in [-0.25, -0.2) is 4.98 Å². The van der Waals surface area contributed by atoms with Gasteiger partial charge in [0.1, 0.15) is 11.8 Å². The van der Waals surface area contributed by atoms with Crippen molar-refractivity contribution in [2.75, 3.05) is 7.11 Å². The summed E-state index contributed by atoms with van der Waals surface area (Å²) >= 11 is 6.59. The summed E-state index contributed by atoms with van der Waals surface area (Å²) in [7, 11) is 3.46. The van der Waals surface area contributed by atoms with E-state index in [9.17, 15) is 14.4 Å². The Morgan fingerprint density at radius 3 is 2.73 bits per heavy atom. The molecule has 0 spiro atoms. The average molecular weight is 465 g/mol. The Morgan fingerprint density at radius 2 is 1.97 bits per heavy atom. The highest BCUT2D eigenvalue weighted by Gasteiger charge is 2.39. The number of aromatic nitrogens is 2. The molecule has 0 saturated carbocycles. The third-order valence-corrected chi connectivity index (χ3v) is 6.56. The molecule has 1 unspecified atom stereocenters. The number of methoxy groups -OCH3 is 1. The molecule has 2 aliphatic heterocycles. The third-order valence-electron chi connectivity index (χ3n) is 6.17. The number of amides is 3. The molecule has 0 radical (unpaired) electrons. The number of halogens is 1. The number of rotatable bonds is 4. The summed E-state index contributed by atoms with van der Waals surface area (Å²) in [5, 5.41) is 2.82. The maximum atomic E-state index is 13.0. The number of ether oxygens (including phenoxy) is 1. The molecule has 1 N–H and O–H groups in total. The smallest absolute Gasteiger partial charge is 0.255 e. The van der Waals surface area contributed by atoms with Gasteiger partial charge in [-0.1, -0.05) is 29.8 Å². The first-order valence-corrected chi connectivity index (χ1v) is 10.9. The van der Waals surface area contributed by atoms with Gasteiger partial charge in [-0.05, 0) is 30.2 Å². The van der Waals surface area contributed by atoms with Crippen LogP contribution in [0.4, 0.5) is 0 Å². The van der Waals surface area contributed by atoms with Crippen molar-refractivity contribution in [2.45, 2.75) is 25.4 Å². The zero-order valence-corrected chi connectivity index (χ0v) is 18.8. The van der Waals surface area contributed by atoms with Crippen molar-refractivity contribution in [3.05, 3.63) is 58.9 Å². The number of carbonyl (C=O) groups is 3. The van der Waals surface area contributed by atoms with Gasteiger partial charge in [0.05, 0.1) is 29.8 Å². The molecular weight excluding hydrogens is 444 g/mol. The minimum Gasteiger partial charge on any atom is -0.495 e. The van der Waals surface area contributed by atoms with Gasteiger partial charge >= 0.3 is 0 Å². The number of benzene rings is 2. The number of imide groups is 1. The van der Waals surface area contributed by atoms with E-state index in [4.69, 9.17) is 16.3 Å². The minimum absolute atomic E-state index is 0.205. The number of hydrogen-bond acceptors (Lipinski definition) is 5. The van der Waals surface area contributed by atoms with E-state index < -0.39 is 11.9 Å². The summed E-state index contributed by atoms with van der Waals surface area (Å²) in [5.74, 6) is -0.363. The lowest BCUT2D eigenvalue weighted by atomic mass is 10.0. The number of hydrogen-bond donors (Lipinski definition) is 1. The van der Waals surface area contributed by atoms with Crippen molar-refractivity contribution in [1.29, 1.82) is 0 Å². The van der Waals surface area contributed by atoms with Gasteiger partial charge < -0.3 is 14.2 Å². The van der Waals surface area contributed by atoms with Crippen LogP contribution in [0.2, 0.25) is 5.02 Å². The molecule has 1 saturated heterocycles. The number of nitrogens with zero attached hydrogens (tertiary/aromatic N) is 3. The van der Waals surface area contributed by atoms with Gasteiger partial charge in [0.2, 0.25) is 11.8 Å². The molecule has 3 heterocycles. The summed E-state index contributed by atoms with van der Waals surface area (Å²) in [6.45, 7) is 0.302. The number of nitrogens with one attached hydrogen (secondary N) is 1. The van der Waals surface area contributed by atoms with Crippen molar-refractivity contribution in [1.82, 2.24) is 19.8 Å². The molecule has 3 aromatic rings. The molecular formula is C24H21ClN4O4. The molecule has 1 atom stereocenters. The fourth-order valence-electron chi connectivity index (χ4n) is 4.53. The summed E-state index contributed by atoms with van der Waals surface area (Å²) in [6, 6.07) is 10.5. The van der Waals surface area contributed by atoms with E-state index in [-0.39, 0.29) is 18.2 Å². The number of fused-ring (bicyclic) bond motifs is 1. The van der Waals surface area contributed by atoms with E-state index in [1.807, 2.05) is 35.9 Å². The average Bonchev–Trinajstić information content (AvgIpc) is 3.33. The Kier molecular flexibility index (Phi) is 5.17. The lowest BCUT2D eigenvalue weighted by molar-refractivity contribution is -0.136. The van der Waals surface area contributed by atoms with E-state index in [2.05, 4.69) is 10.3 Å². The fourth-order valence-corrected chi connectivity index (χ4v) is 4.82. The Morgan fingerprint density at radius 1 is 1.15 bits per heavy atom. The molecule has 1 fully saturated rings. The second-order valence-corrected chi connectivity index (χ2v) is 8.52. The van der Waals surface area contributed by atoms with Gasteiger partial charge in [0.15, 0.2) is 0 Å². The van der Waals surface area contributed by atoms with E-state index in [1.165, 1.54) is 4.90 Å². The van der Waals surface area contributed by atoms with Crippen molar-refractivity contribution < 1.29 is 19.1 Å². The highest BCUT2D eigenvalue weighted by atomic mass is 35.5. The molecule has 2 aromatic carbocycles. The maximum absolute atomic E-state index is 13.0. The predicted octanol–water partition coefficient (Wildman–Crippen LogP) is 3.18. The molecule has 5 rings (SSSR count). The van der Waals surface area contributed by atoms with Gasteiger partial charge in [0.25, 0.3) is 5.91 Å². The highest BCUT2D eigenvalue weighted by molar-refractivity contribution is 6.35. The molecule has 1 aromatic heterocycles. The first-order valence-electron chi connectivity index (χ1n) is 10.5. The SMILES string of the molecule is COc1cccc(-c2c(-c3ccc4c(c3)CN(C3CCC(=O)NC3=O)C4=O)ncn2C)c1Cl. The second-order valence-electron chi connectivity index (χ2n) is 8.15. The van der Waals surface area contributed by atoms with Crippen LogP contribution in [0.3, 0.4) is 0 Å². The van der Waals surface area contributed by atoms with Crippen molar-refractivity contribution in [3.8, 4) is 28.3 Å². The first-order chi connectivity index (χ1) is 15.9. The molecule has 33 heavy (non-hydrogen) atoms. The fraction of sp³-hybridized carbons (Fsp3) is 0.250. The summed E-state index contributed by atoms with van der Waals surface area (Å²) in [6.07, 6.45) is 2.27. The van der Waals surface area contributed by atoms with Crippen LogP contribution < -0.4 is 10.1 Å². The Hall–Kier alpha value is -3.65. The first kappa shape index (κ1) is 21.2. The van der Waals surface area contributed by atoms with Crippen LogP contribution in [0.1, 0.15) is 28.8 Å². The van der Waals surface area contributed by atoms with Crippen LogP contribution in [0.25, 0.3) is 22.5 Å². The number of aryl methyl sites for hydroxylation is 1. The van der Waals surface area contributed by atoms with E-state index in [0.29, 0.717) is 29.3 Å². The van der Waals surface area contributed by atoms with Crippen LogP contribution in [0.5, 0.6) is 5.75 Å². The van der Waals surface area contributed by atoms with Gasteiger partial charge in [-0.3, -0.25) is 19.7 Å². The third kappa shape index (κ3) is 3.47. The molecule has 3 amide bonds. The molecule has 9 heteroatoms. The number of imidazole rings is 1. The normalized spacial score (nSPS) is 17.8. The number of piperidine rings is 1. The second kappa shape index (κ2) is 8.04. The summed E-state index contributed by atoms with van der Waals surface area (Å²) < 4.78 is 7.26. The van der Waals surface area contributed by atoms with Crippen LogP contribution in [-0.2, 0) is 23.2 Å².